The van der Waals surface area contributed by atoms with Gasteiger partial charge in [-0.15, -0.1) is 0 Å². The Kier molecular flexibility index (Phi) is 5.88. The molecule has 1 aliphatic heterocycles. The molecule has 2 rings (SSSR count). The molecule has 24 heavy (non-hydrogen) atoms. The quantitative estimate of drug-likeness (QED) is 0.771. The molecule has 1 heterocycles. The zero-order valence-electron chi connectivity index (χ0n) is 15.5. The lowest BCUT2D eigenvalue weighted by molar-refractivity contribution is 0.134. The van der Waals surface area contributed by atoms with Gasteiger partial charge >= 0.3 is 6.03 Å². The van der Waals surface area contributed by atoms with Crippen molar-refractivity contribution in [3.8, 4) is 0 Å². The average molecular weight is 333 g/mol. The summed E-state index contributed by atoms with van der Waals surface area (Å²) in [6.07, 6.45) is 1.81. The fourth-order valence-electron chi connectivity index (χ4n) is 3.75. The number of amides is 2. The molecule has 1 aromatic carbocycles. The highest BCUT2D eigenvalue weighted by molar-refractivity contribution is 5.90. The van der Waals surface area contributed by atoms with E-state index in [1.165, 1.54) is 0 Å². The van der Waals surface area contributed by atoms with Crippen LogP contribution in [0.15, 0.2) is 24.3 Å². The second-order valence-corrected chi connectivity index (χ2v) is 7.89. The van der Waals surface area contributed by atoms with Crippen molar-refractivity contribution in [3.05, 3.63) is 29.8 Å². The Morgan fingerprint density at radius 3 is 2.46 bits per heavy atom. The molecule has 3 N–H and O–H groups in total. The molecule has 134 valence electrons. The summed E-state index contributed by atoms with van der Waals surface area (Å²) in [6, 6.07) is 7.75. The van der Waals surface area contributed by atoms with E-state index in [0.717, 1.165) is 24.1 Å². The van der Waals surface area contributed by atoms with Crippen molar-refractivity contribution in [3.63, 3.8) is 0 Å². The minimum absolute atomic E-state index is 0.00652. The van der Waals surface area contributed by atoms with E-state index in [-0.39, 0.29) is 23.2 Å². The minimum Gasteiger partial charge on any atom is -0.377 e. The lowest BCUT2D eigenvalue weighted by Gasteiger charge is -2.46. The first-order valence-electron chi connectivity index (χ1n) is 8.73. The van der Waals surface area contributed by atoms with E-state index in [1.54, 1.807) is 0 Å². The number of benzene rings is 1. The first-order chi connectivity index (χ1) is 11.2. The number of anilines is 1. The van der Waals surface area contributed by atoms with Crippen molar-refractivity contribution in [1.29, 1.82) is 0 Å². The molecule has 1 aliphatic rings. The van der Waals surface area contributed by atoms with Crippen molar-refractivity contribution in [1.82, 2.24) is 10.6 Å². The van der Waals surface area contributed by atoms with Gasteiger partial charge in [-0.2, -0.15) is 0 Å². The summed E-state index contributed by atoms with van der Waals surface area (Å²) in [4.78, 5) is 12.4. The molecule has 0 bridgehead atoms. The first-order valence-corrected chi connectivity index (χ1v) is 8.73. The molecule has 0 aliphatic carbocycles. The largest absolute Gasteiger partial charge is 0.377 e. The van der Waals surface area contributed by atoms with Crippen LogP contribution in [0.5, 0.6) is 0 Å². The smallest absolute Gasteiger partial charge is 0.319 e. The zero-order chi connectivity index (χ0) is 17.8. The normalized spacial score (nSPS) is 19.7. The van der Waals surface area contributed by atoms with Crippen molar-refractivity contribution in [2.75, 3.05) is 11.9 Å². The topological polar surface area (TPSA) is 62.4 Å². The molecule has 5 heteroatoms. The van der Waals surface area contributed by atoms with E-state index < -0.39 is 0 Å². The molecule has 0 saturated carbocycles. The molecule has 2 amide bonds. The highest BCUT2D eigenvalue weighted by atomic mass is 16.5. The molecule has 0 unspecified atom stereocenters. The molecular formula is C19H31N3O2. The maximum Gasteiger partial charge on any atom is 0.319 e. The average Bonchev–Trinajstić information content (AvgIpc) is 2.42. The van der Waals surface area contributed by atoms with E-state index in [2.05, 4.69) is 43.6 Å². The van der Waals surface area contributed by atoms with Crippen LogP contribution < -0.4 is 16.0 Å². The summed E-state index contributed by atoms with van der Waals surface area (Å²) in [6.45, 7) is 11.8. The number of hydrogen-bond donors (Lipinski definition) is 3. The Morgan fingerprint density at radius 2 is 1.83 bits per heavy atom. The van der Waals surface area contributed by atoms with Crippen molar-refractivity contribution in [2.45, 2.75) is 71.2 Å². The standard InChI is InChI=1S/C19H31N3O2/c1-6-24-13-14-9-7-8-10-16(14)21-17(23)20-15-11-18(2,3)22-19(4,5)12-15/h7-10,15,22H,6,11-13H2,1-5H3,(H2,20,21,23). The number of nitrogens with one attached hydrogen (secondary N) is 3. The molecular weight excluding hydrogens is 302 g/mol. The van der Waals surface area contributed by atoms with Gasteiger partial charge in [0.05, 0.1) is 6.61 Å². The van der Waals surface area contributed by atoms with Crippen LogP contribution in [0.4, 0.5) is 10.5 Å². The summed E-state index contributed by atoms with van der Waals surface area (Å²) in [5.41, 5.74) is 1.80. The van der Waals surface area contributed by atoms with Gasteiger partial charge in [0.25, 0.3) is 0 Å². The number of ether oxygens (including phenoxy) is 1. The van der Waals surface area contributed by atoms with Crippen LogP contribution in [0.25, 0.3) is 0 Å². The Balaban J connectivity index is 1.98. The SMILES string of the molecule is CCOCc1ccccc1NC(=O)NC1CC(C)(C)NC(C)(C)C1. The number of para-hydroxylation sites is 1. The molecule has 0 aromatic heterocycles. The molecule has 0 radical (unpaired) electrons. The van der Waals surface area contributed by atoms with Gasteiger partial charge in [0, 0.05) is 35.0 Å². The molecule has 1 fully saturated rings. The Morgan fingerprint density at radius 1 is 1.21 bits per heavy atom. The van der Waals surface area contributed by atoms with Crippen molar-refractivity contribution >= 4 is 11.7 Å². The Bertz CT molecular complexity index is 553. The molecule has 1 aromatic rings. The van der Waals surface area contributed by atoms with Crippen LogP contribution in [0, 0.1) is 0 Å². The highest BCUT2D eigenvalue weighted by Crippen LogP contribution is 2.28. The van der Waals surface area contributed by atoms with Gasteiger partial charge in [0.1, 0.15) is 0 Å². The van der Waals surface area contributed by atoms with Crippen LogP contribution in [-0.4, -0.2) is 29.8 Å². The lowest BCUT2D eigenvalue weighted by atomic mass is 9.80. The molecule has 1 saturated heterocycles. The van der Waals surface area contributed by atoms with Gasteiger partial charge in [-0.05, 0) is 53.5 Å². The van der Waals surface area contributed by atoms with Gasteiger partial charge in [0.15, 0.2) is 0 Å². The number of rotatable bonds is 5. The van der Waals surface area contributed by atoms with Gasteiger partial charge < -0.3 is 20.7 Å². The fourth-order valence-corrected chi connectivity index (χ4v) is 3.75. The second kappa shape index (κ2) is 7.53. The van der Waals surface area contributed by atoms with Crippen LogP contribution >= 0.6 is 0 Å². The third kappa shape index (κ3) is 5.49. The molecule has 0 spiro atoms. The number of carbonyl (C=O) groups is 1. The lowest BCUT2D eigenvalue weighted by Crippen LogP contribution is -2.62. The van der Waals surface area contributed by atoms with Gasteiger partial charge in [-0.25, -0.2) is 4.79 Å². The highest BCUT2D eigenvalue weighted by Gasteiger charge is 2.38. The molecule has 0 atom stereocenters. The van der Waals surface area contributed by atoms with Crippen LogP contribution in [0.1, 0.15) is 53.0 Å². The van der Waals surface area contributed by atoms with Crippen LogP contribution in [0.2, 0.25) is 0 Å². The van der Waals surface area contributed by atoms with Crippen molar-refractivity contribution in [2.24, 2.45) is 0 Å². The van der Waals surface area contributed by atoms with E-state index in [9.17, 15) is 4.79 Å². The maximum atomic E-state index is 12.4. The number of piperidine rings is 1. The van der Waals surface area contributed by atoms with E-state index >= 15 is 0 Å². The van der Waals surface area contributed by atoms with Crippen LogP contribution in [-0.2, 0) is 11.3 Å². The Labute approximate surface area is 145 Å². The van der Waals surface area contributed by atoms with Crippen LogP contribution in [0.3, 0.4) is 0 Å². The summed E-state index contributed by atoms with van der Waals surface area (Å²) < 4.78 is 5.47. The number of hydrogen-bond acceptors (Lipinski definition) is 3. The summed E-state index contributed by atoms with van der Waals surface area (Å²) in [7, 11) is 0. The maximum absolute atomic E-state index is 12.4. The fraction of sp³-hybridized carbons (Fsp3) is 0.632. The summed E-state index contributed by atoms with van der Waals surface area (Å²) in [5, 5.41) is 9.73. The molecule has 5 nitrogen and oxygen atoms in total. The van der Waals surface area contributed by atoms with Gasteiger partial charge in [-0.3, -0.25) is 0 Å². The minimum atomic E-state index is -0.155. The first kappa shape index (κ1) is 18.7. The van der Waals surface area contributed by atoms with E-state index in [0.29, 0.717) is 13.2 Å². The third-order valence-electron chi connectivity index (χ3n) is 4.25. The third-order valence-corrected chi connectivity index (χ3v) is 4.25. The Hall–Kier alpha value is -1.59. The summed E-state index contributed by atoms with van der Waals surface area (Å²) >= 11 is 0. The monoisotopic (exact) mass is 333 g/mol. The van der Waals surface area contributed by atoms with Crippen molar-refractivity contribution < 1.29 is 9.53 Å². The number of carbonyl (C=O) groups excluding carboxylic acids is 1. The predicted molar refractivity (Wildman–Crippen MR) is 98.2 cm³/mol. The zero-order valence-corrected chi connectivity index (χ0v) is 15.5. The number of urea groups is 1. The predicted octanol–water partition coefficient (Wildman–Crippen LogP) is 3.65. The van der Waals surface area contributed by atoms with Gasteiger partial charge in [-0.1, -0.05) is 18.2 Å². The second-order valence-electron chi connectivity index (χ2n) is 7.89. The van der Waals surface area contributed by atoms with Gasteiger partial charge in [0.2, 0.25) is 0 Å². The summed E-state index contributed by atoms with van der Waals surface area (Å²) in [5.74, 6) is 0. The van der Waals surface area contributed by atoms with E-state index in [1.807, 2.05) is 31.2 Å². The van der Waals surface area contributed by atoms with E-state index in [4.69, 9.17) is 4.74 Å².